The Bertz CT molecular complexity index is 491. The highest BCUT2D eigenvalue weighted by molar-refractivity contribution is 7.80. The van der Waals surface area contributed by atoms with Gasteiger partial charge in [0.15, 0.2) is 0 Å². The third-order valence-corrected chi connectivity index (χ3v) is 2.80. The molecule has 19 heavy (non-hydrogen) atoms. The smallest absolute Gasteiger partial charge is 0.326 e. The summed E-state index contributed by atoms with van der Waals surface area (Å²) in [6.45, 7) is 0. The van der Waals surface area contributed by atoms with Crippen LogP contribution in [0.15, 0.2) is 30.3 Å². The number of aliphatic carboxylic acids is 1. The van der Waals surface area contributed by atoms with Crippen molar-refractivity contribution in [2.45, 2.75) is 12.5 Å². The second kappa shape index (κ2) is 7.86. The van der Waals surface area contributed by atoms with Crippen molar-refractivity contribution >= 4 is 42.2 Å². The first-order chi connectivity index (χ1) is 9.02. The van der Waals surface area contributed by atoms with Gasteiger partial charge in [-0.05, 0) is 35.9 Å². The number of amides is 1. The summed E-state index contributed by atoms with van der Waals surface area (Å²) in [6, 6.07) is 6.06. The van der Waals surface area contributed by atoms with Crippen LogP contribution in [0.1, 0.15) is 12.0 Å². The molecule has 0 aromatic heterocycles. The summed E-state index contributed by atoms with van der Waals surface area (Å²) in [7, 11) is 0. The van der Waals surface area contributed by atoms with E-state index in [4.69, 9.17) is 16.7 Å². The zero-order valence-corrected chi connectivity index (χ0v) is 11.7. The van der Waals surface area contributed by atoms with E-state index >= 15 is 0 Å². The molecule has 102 valence electrons. The average molecular weight is 300 g/mol. The second-order valence-electron chi connectivity index (χ2n) is 3.80. The molecule has 0 bridgehead atoms. The fourth-order valence-corrected chi connectivity index (χ4v) is 1.85. The number of hydrogen-bond donors (Lipinski definition) is 3. The topological polar surface area (TPSA) is 66.4 Å². The molecule has 0 saturated carbocycles. The van der Waals surface area contributed by atoms with Crippen LogP contribution in [0.3, 0.4) is 0 Å². The maximum atomic E-state index is 11.6. The molecule has 1 amide bonds. The molecule has 6 heteroatoms. The molecular weight excluding hydrogens is 286 g/mol. The van der Waals surface area contributed by atoms with Gasteiger partial charge in [-0.3, -0.25) is 4.79 Å². The first kappa shape index (κ1) is 15.6. The number of hydrogen-bond acceptors (Lipinski definition) is 3. The second-order valence-corrected chi connectivity index (χ2v) is 4.68. The Hall–Kier alpha value is -1.46. The molecule has 1 aromatic rings. The lowest BCUT2D eigenvalue weighted by molar-refractivity contribution is -0.141. The SMILES string of the molecule is O=C(/C=C/c1cccc(Cl)c1)NC(CCS)C(=O)O. The number of carbonyl (C=O) groups is 2. The van der Waals surface area contributed by atoms with Crippen LogP contribution in [0.4, 0.5) is 0 Å². The molecular formula is C13H14ClNO3S. The highest BCUT2D eigenvalue weighted by Crippen LogP contribution is 2.11. The first-order valence-corrected chi connectivity index (χ1v) is 6.62. The van der Waals surface area contributed by atoms with Crippen molar-refractivity contribution in [2.24, 2.45) is 0 Å². The van der Waals surface area contributed by atoms with Gasteiger partial charge in [-0.15, -0.1) is 0 Å². The van der Waals surface area contributed by atoms with Gasteiger partial charge in [0, 0.05) is 11.1 Å². The maximum Gasteiger partial charge on any atom is 0.326 e. The minimum Gasteiger partial charge on any atom is -0.480 e. The van der Waals surface area contributed by atoms with Crippen molar-refractivity contribution in [3.05, 3.63) is 40.9 Å². The molecule has 0 aliphatic rings. The number of nitrogens with one attached hydrogen (secondary N) is 1. The minimum atomic E-state index is -1.07. The Kier molecular flexibility index (Phi) is 6.45. The zero-order valence-electron chi connectivity index (χ0n) is 10.0. The van der Waals surface area contributed by atoms with Crippen molar-refractivity contribution in [2.75, 3.05) is 5.75 Å². The van der Waals surface area contributed by atoms with Gasteiger partial charge in [-0.2, -0.15) is 12.6 Å². The van der Waals surface area contributed by atoms with E-state index in [2.05, 4.69) is 17.9 Å². The molecule has 0 fully saturated rings. The summed E-state index contributed by atoms with van der Waals surface area (Å²) in [6.07, 6.45) is 3.12. The van der Waals surface area contributed by atoms with Gasteiger partial charge in [-0.1, -0.05) is 23.7 Å². The third-order valence-electron chi connectivity index (χ3n) is 2.31. The Morgan fingerprint density at radius 1 is 1.47 bits per heavy atom. The van der Waals surface area contributed by atoms with E-state index in [9.17, 15) is 9.59 Å². The van der Waals surface area contributed by atoms with Crippen molar-refractivity contribution in [3.63, 3.8) is 0 Å². The third kappa shape index (κ3) is 5.81. The van der Waals surface area contributed by atoms with E-state index in [1.165, 1.54) is 6.08 Å². The molecule has 0 spiro atoms. The van der Waals surface area contributed by atoms with E-state index in [1.54, 1.807) is 30.3 Å². The Balaban J connectivity index is 2.61. The largest absolute Gasteiger partial charge is 0.480 e. The number of halogens is 1. The van der Waals surface area contributed by atoms with Crippen LogP contribution in [-0.2, 0) is 9.59 Å². The van der Waals surface area contributed by atoms with Crippen LogP contribution in [0, 0.1) is 0 Å². The normalized spacial score (nSPS) is 12.3. The van der Waals surface area contributed by atoms with E-state index in [0.29, 0.717) is 10.8 Å². The molecule has 0 saturated heterocycles. The number of benzene rings is 1. The van der Waals surface area contributed by atoms with Crippen molar-refractivity contribution in [1.29, 1.82) is 0 Å². The fraction of sp³-hybridized carbons (Fsp3) is 0.231. The van der Waals surface area contributed by atoms with E-state index in [0.717, 1.165) is 5.56 Å². The van der Waals surface area contributed by atoms with E-state index in [-0.39, 0.29) is 6.42 Å². The Labute approximate surface area is 121 Å². The highest BCUT2D eigenvalue weighted by Gasteiger charge is 2.17. The molecule has 0 aliphatic carbocycles. The summed E-state index contributed by atoms with van der Waals surface area (Å²) in [5.41, 5.74) is 0.767. The Morgan fingerprint density at radius 3 is 2.79 bits per heavy atom. The standard InChI is InChI=1S/C13H14ClNO3S/c14-10-3-1-2-9(8-10)4-5-12(16)15-11(6-7-19)13(17)18/h1-5,8,11,19H,6-7H2,(H,15,16)(H,17,18)/b5-4+. The predicted molar refractivity (Wildman–Crippen MR) is 78.5 cm³/mol. The number of rotatable bonds is 6. The molecule has 1 unspecified atom stereocenters. The van der Waals surface area contributed by atoms with Gasteiger partial charge >= 0.3 is 5.97 Å². The van der Waals surface area contributed by atoms with Crippen LogP contribution < -0.4 is 5.32 Å². The number of carbonyl (C=O) groups excluding carboxylic acids is 1. The lowest BCUT2D eigenvalue weighted by atomic mass is 10.2. The monoisotopic (exact) mass is 299 g/mol. The molecule has 1 atom stereocenters. The number of carboxylic acids is 1. The van der Waals surface area contributed by atoms with Gasteiger partial charge < -0.3 is 10.4 Å². The van der Waals surface area contributed by atoms with Crippen molar-refractivity contribution in [1.82, 2.24) is 5.32 Å². The fourth-order valence-electron chi connectivity index (χ4n) is 1.39. The van der Waals surface area contributed by atoms with Gasteiger partial charge in [0.2, 0.25) is 5.91 Å². The van der Waals surface area contributed by atoms with Crippen LogP contribution in [0.2, 0.25) is 5.02 Å². The quantitative estimate of drug-likeness (QED) is 0.557. The summed E-state index contributed by atoms with van der Waals surface area (Å²) in [5, 5.41) is 11.9. The van der Waals surface area contributed by atoms with Crippen molar-refractivity contribution < 1.29 is 14.7 Å². The zero-order chi connectivity index (χ0) is 14.3. The van der Waals surface area contributed by atoms with E-state index < -0.39 is 17.9 Å². The Morgan fingerprint density at radius 2 is 2.21 bits per heavy atom. The van der Waals surface area contributed by atoms with Gasteiger partial charge in [-0.25, -0.2) is 4.79 Å². The van der Waals surface area contributed by atoms with Crippen LogP contribution in [0.5, 0.6) is 0 Å². The molecule has 1 aromatic carbocycles. The minimum absolute atomic E-state index is 0.273. The maximum absolute atomic E-state index is 11.6. The van der Waals surface area contributed by atoms with Crippen LogP contribution in [-0.4, -0.2) is 28.8 Å². The summed E-state index contributed by atoms with van der Waals surface area (Å²) in [5.74, 6) is -1.15. The summed E-state index contributed by atoms with van der Waals surface area (Å²) < 4.78 is 0. The van der Waals surface area contributed by atoms with Gasteiger partial charge in [0.05, 0.1) is 0 Å². The van der Waals surface area contributed by atoms with Crippen molar-refractivity contribution in [3.8, 4) is 0 Å². The molecule has 1 rings (SSSR count). The molecule has 4 nitrogen and oxygen atoms in total. The number of carboxylic acid groups (broad SMARTS) is 1. The number of thiol groups is 1. The first-order valence-electron chi connectivity index (χ1n) is 5.60. The lowest BCUT2D eigenvalue weighted by Crippen LogP contribution is -2.40. The molecule has 2 N–H and O–H groups in total. The molecule has 0 aliphatic heterocycles. The lowest BCUT2D eigenvalue weighted by Gasteiger charge is -2.11. The van der Waals surface area contributed by atoms with Gasteiger partial charge in [0.25, 0.3) is 0 Å². The molecule has 0 heterocycles. The summed E-state index contributed by atoms with van der Waals surface area (Å²) in [4.78, 5) is 22.4. The summed E-state index contributed by atoms with van der Waals surface area (Å²) >= 11 is 9.76. The van der Waals surface area contributed by atoms with E-state index in [1.807, 2.05) is 0 Å². The van der Waals surface area contributed by atoms with Crippen LogP contribution >= 0.6 is 24.2 Å². The van der Waals surface area contributed by atoms with Gasteiger partial charge in [0.1, 0.15) is 6.04 Å². The predicted octanol–water partition coefficient (Wildman–Crippen LogP) is 2.24. The highest BCUT2D eigenvalue weighted by atomic mass is 35.5. The average Bonchev–Trinajstić information content (AvgIpc) is 2.36. The molecule has 0 radical (unpaired) electrons. The van der Waals surface area contributed by atoms with Crippen LogP contribution in [0.25, 0.3) is 6.08 Å².